The van der Waals surface area contributed by atoms with Gasteiger partial charge in [0, 0.05) is 49.3 Å². The number of unbranched alkanes of at least 4 members (excludes halogenated alkanes) is 3. The number of allylic oxidation sites excluding steroid dienone is 4. The first-order valence-corrected chi connectivity index (χ1v) is 12.0. The molecular weight excluding hydrogens is 436 g/mol. The number of rotatable bonds is 14. The lowest BCUT2D eigenvalue weighted by Gasteiger charge is -2.31. The molecule has 9 heteroatoms. The summed E-state index contributed by atoms with van der Waals surface area (Å²) < 4.78 is 0. The van der Waals surface area contributed by atoms with Gasteiger partial charge in [-0.2, -0.15) is 0 Å². The molecular formula is C25H38N4O5. The maximum atomic E-state index is 12.3. The average Bonchev–Trinajstić information content (AvgIpc) is 2.79. The summed E-state index contributed by atoms with van der Waals surface area (Å²) in [5.74, 6) is -1.01. The predicted octanol–water partition coefficient (Wildman–Crippen LogP) is 3.23. The van der Waals surface area contributed by atoms with E-state index in [1.807, 2.05) is 25.3 Å². The van der Waals surface area contributed by atoms with Crippen LogP contribution in [0, 0.1) is 11.3 Å². The standard InChI is InChI=1S/C25H38N4O5/c1-18-9-7-8-10-19(18)13-21(24(32)33)27-17-25(2)14-20(15-26-16-25)28-22(30)11-5-3-4-6-12-23(31)29-34/h7-8,10,15-16,18,21,27,34H,3-6,9,11-14,17H2,1-2H3,(H,28,30)(H,29,31)(H,32,33)/t18?,21-,25?/m0/s1. The van der Waals surface area contributed by atoms with Crippen LogP contribution in [-0.4, -0.2) is 46.9 Å². The summed E-state index contributed by atoms with van der Waals surface area (Å²) in [6.45, 7) is 4.54. The van der Waals surface area contributed by atoms with Gasteiger partial charge in [0.05, 0.1) is 0 Å². The van der Waals surface area contributed by atoms with E-state index in [0.717, 1.165) is 30.5 Å². The number of carbonyl (C=O) groups is 3. The Bertz CT molecular complexity index is 848. The van der Waals surface area contributed by atoms with Gasteiger partial charge >= 0.3 is 5.97 Å². The van der Waals surface area contributed by atoms with Crippen molar-refractivity contribution in [3.05, 3.63) is 35.7 Å². The lowest BCUT2D eigenvalue weighted by Crippen LogP contribution is -2.45. The summed E-state index contributed by atoms with van der Waals surface area (Å²) in [4.78, 5) is 39.4. The summed E-state index contributed by atoms with van der Waals surface area (Å²) in [7, 11) is 0. The summed E-state index contributed by atoms with van der Waals surface area (Å²) in [5, 5.41) is 24.3. The van der Waals surface area contributed by atoms with Crippen LogP contribution < -0.4 is 16.1 Å². The number of nitrogens with one attached hydrogen (secondary N) is 3. The van der Waals surface area contributed by atoms with Gasteiger partial charge in [0.25, 0.3) is 0 Å². The number of hydroxylamine groups is 1. The molecule has 9 nitrogen and oxygen atoms in total. The first-order chi connectivity index (χ1) is 16.2. The van der Waals surface area contributed by atoms with Gasteiger partial charge in [-0.05, 0) is 31.6 Å². The number of hydrogen-bond acceptors (Lipinski definition) is 6. The third-order valence-electron chi connectivity index (χ3n) is 6.25. The molecule has 1 heterocycles. The van der Waals surface area contributed by atoms with Crippen molar-refractivity contribution in [2.24, 2.45) is 16.3 Å². The van der Waals surface area contributed by atoms with Crippen LogP contribution in [0.1, 0.15) is 71.6 Å². The van der Waals surface area contributed by atoms with Gasteiger partial charge < -0.3 is 15.7 Å². The Morgan fingerprint density at radius 3 is 2.53 bits per heavy atom. The molecule has 2 aliphatic rings. The third kappa shape index (κ3) is 9.61. The summed E-state index contributed by atoms with van der Waals surface area (Å²) in [5.41, 5.74) is 3.05. The van der Waals surface area contributed by atoms with Gasteiger partial charge in [0.15, 0.2) is 0 Å². The van der Waals surface area contributed by atoms with Gasteiger partial charge in [-0.25, -0.2) is 5.48 Å². The van der Waals surface area contributed by atoms with Gasteiger partial charge in [0.1, 0.15) is 6.04 Å². The van der Waals surface area contributed by atoms with Crippen molar-refractivity contribution in [3.8, 4) is 0 Å². The largest absolute Gasteiger partial charge is 0.480 e. The summed E-state index contributed by atoms with van der Waals surface area (Å²) >= 11 is 0. The van der Waals surface area contributed by atoms with Crippen molar-refractivity contribution >= 4 is 24.0 Å². The van der Waals surface area contributed by atoms with Crippen LogP contribution in [0.15, 0.2) is 40.7 Å². The highest BCUT2D eigenvalue weighted by Gasteiger charge is 2.30. The molecule has 188 valence electrons. The fraction of sp³-hybridized carbons (Fsp3) is 0.600. The SMILES string of the molecule is CC1CC=CC=C1C[C@H](NCC1(C)C=NC=C(NC(=O)CCCCCCC(=O)NO)C1)C(=O)O. The van der Waals surface area contributed by atoms with E-state index in [-0.39, 0.29) is 12.3 Å². The molecule has 0 aromatic heterocycles. The second-order valence-electron chi connectivity index (χ2n) is 9.54. The molecule has 0 aromatic carbocycles. The Balaban J connectivity index is 1.76. The summed E-state index contributed by atoms with van der Waals surface area (Å²) in [6.07, 6.45) is 15.2. The molecule has 0 aromatic rings. The maximum Gasteiger partial charge on any atom is 0.321 e. The highest BCUT2D eigenvalue weighted by Crippen LogP contribution is 2.27. The van der Waals surface area contributed by atoms with Crippen LogP contribution in [0.5, 0.6) is 0 Å². The molecule has 5 N–H and O–H groups in total. The first-order valence-electron chi connectivity index (χ1n) is 12.0. The Morgan fingerprint density at radius 1 is 1.18 bits per heavy atom. The van der Waals surface area contributed by atoms with E-state index >= 15 is 0 Å². The van der Waals surface area contributed by atoms with Crippen LogP contribution in [-0.2, 0) is 14.4 Å². The minimum atomic E-state index is -0.875. The Kier molecular flexibility index (Phi) is 11.2. The van der Waals surface area contributed by atoms with Gasteiger partial charge in [-0.1, -0.05) is 50.5 Å². The zero-order valence-corrected chi connectivity index (χ0v) is 20.2. The molecule has 0 saturated heterocycles. The lowest BCUT2D eigenvalue weighted by molar-refractivity contribution is -0.139. The second-order valence-corrected chi connectivity index (χ2v) is 9.54. The Morgan fingerprint density at radius 2 is 1.88 bits per heavy atom. The van der Waals surface area contributed by atoms with Crippen LogP contribution in [0.2, 0.25) is 0 Å². The molecule has 1 aliphatic carbocycles. The van der Waals surface area contributed by atoms with Crippen molar-refractivity contribution in [1.29, 1.82) is 0 Å². The average molecular weight is 475 g/mol. The van der Waals surface area contributed by atoms with Gasteiger partial charge in [-0.3, -0.25) is 24.6 Å². The quantitative estimate of drug-likeness (QED) is 0.149. The van der Waals surface area contributed by atoms with Crippen LogP contribution in [0.25, 0.3) is 0 Å². The number of carboxylic acids is 1. The molecule has 0 saturated carbocycles. The molecule has 0 fully saturated rings. The molecule has 1 aliphatic heterocycles. The molecule has 3 atom stereocenters. The van der Waals surface area contributed by atoms with Crippen molar-refractivity contribution in [2.75, 3.05) is 6.54 Å². The number of aliphatic carboxylic acids is 1. The van der Waals surface area contributed by atoms with Crippen LogP contribution in [0.3, 0.4) is 0 Å². The second kappa shape index (κ2) is 13.8. The molecule has 2 rings (SSSR count). The lowest BCUT2D eigenvalue weighted by atomic mass is 9.84. The zero-order valence-electron chi connectivity index (χ0n) is 20.2. The van der Waals surface area contributed by atoms with Crippen molar-refractivity contribution in [1.82, 2.24) is 16.1 Å². The van der Waals surface area contributed by atoms with E-state index in [2.05, 4.69) is 28.6 Å². The summed E-state index contributed by atoms with van der Waals surface area (Å²) in [6, 6.07) is -0.683. The predicted molar refractivity (Wildman–Crippen MR) is 130 cm³/mol. The number of nitrogens with zero attached hydrogens (tertiary/aromatic N) is 1. The van der Waals surface area contributed by atoms with E-state index in [0.29, 0.717) is 44.6 Å². The van der Waals surface area contributed by atoms with Crippen molar-refractivity contribution in [2.45, 2.75) is 77.7 Å². The molecule has 2 unspecified atom stereocenters. The Hall–Kier alpha value is -2.78. The minimum absolute atomic E-state index is 0.0820. The van der Waals surface area contributed by atoms with Crippen molar-refractivity contribution < 1.29 is 24.7 Å². The molecule has 2 amide bonds. The number of carboxylic acid groups (broad SMARTS) is 1. The van der Waals surface area contributed by atoms with E-state index in [9.17, 15) is 19.5 Å². The molecule has 0 spiro atoms. The fourth-order valence-electron chi connectivity index (χ4n) is 4.14. The molecule has 34 heavy (non-hydrogen) atoms. The minimum Gasteiger partial charge on any atom is -0.480 e. The van der Waals surface area contributed by atoms with Crippen LogP contribution >= 0.6 is 0 Å². The smallest absolute Gasteiger partial charge is 0.321 e. The normalized spacial score (nSPS) is 22.5. The van der Waals surface area contributed by atoms with Crippen molar-refractivity contribution in [3.63, 3.8) is 0 Å². The number of amides is 2. The highest BCUT2D eigenvalue weighted by molar-refractivity contribution is 5.79. The number of hydrogen-bond donors (Lipinski definition) is 5. The van der Waals surface area contributed by atoms with E-state index in [1.54, 1.807) is 11.7 Å². The number of carbonyl (C=O) groups excluding carboxylic acids is 2. The van der Waals surface area contributed by atoms with Crippen LogP contribution in [0.4, 0.5) is 0 Å². The maximum absolute atomic E-state index is 12.3. The molecule has 0 bridgehead atoms. The highest BCUT2D eigenvalue weighted by atomic mass is 16.5. The molecule has 0 radical (unpaired) electrons. The van der Waals surface area contributed by atoms with E-state index in [1.165, 1.54) is 0 Å². The zero-order chi connectivity index (χ0) is 25.0. The first kappa shape index (κ1) is 27.5. The topological polar surface area (TPSA) is 140 Å². The fourth-order valence-corrected chi connectivity index (χ4v) is 4.14. The van der Waals surface area contributed by atoms with Gasteiger partial charge in [0.2, 0.25) is 11.8 Å². The van der Waals surface area contributed by atoms with E-state index < -0.39 is 23.3 Å². The van der Waals surface area contributed by atoms with Gasteiger partial charge in [-0.15, -0.1) is 0 Å². The van der Waals surface area contributed by atoms with E-state index in [4.69, 9.17) is 5.21 Å². The Labute approximate surface area is 201 Å². The number of aliphatic imine (C=N–C) groups is 1. The monoisotopic (exact) mass is 474 g/mol. The third-order valence-corrected chi connectivity index (χ3v) is 6.25.